The summed E-state index contributed by atoms with van der Waals surface area (Å²) < 4.78 is 0. The Morgan fingerprint density at radius 1 is 1.30 bits per heavy atom. The summed E-state index contributed by atoms with van der Waals surface area (Å²) in [6.07, 6.45) is 6.73. The lowest BCUT2D eigenvalue weighted by molar-refractivity contribution is -0.134. The van der Waals surface area contributed by atoms with Crippen molar-refractivity contribution in [3.8, 4) is 0 Å². The van der Waals surface area contributed by atoms with Crippen molar-refractivity contribution in [2.24, 2.45) is 23.7 Å². The van der Waals surface area contributed by atoms with Crippen LogP contribution in [-0.4, -0.2) is 5.78 Å². The Balaban J connectivity index is 2.03. The molecule has 2 fully saturated rings. The van der Waals surface area contributed by atoms with Crippen LogP contribution in [0.4, 0.5) is 0 Å². The molecule has 3 aliphatic carbocycles. The SMILES string of the molecule is O=C1C[C@@H]2[C@@H]1[C@@H]1C=C[C@H]2C1. The summed E-state index contributed by atoms with van der Waals surface area (Å²) in [6.45, 7) is 0. The summed E-state index contributed by atoms with van der Waals surface area (Å²) in [5, 5.41) is 0. The summed E-state index contributed by atoms with van der Waals surface area (Å²) >= 11 is 0. The molecule has 0 heterocycles. The lowest BCUT2D eigenvalue weighted by Crippen LogP contribution is -2.39. The van der Waals surface area contributed by atoms with Gasteiger partial charge in [-0.1, -0.05) is 12.2 Å². The van der Waals surface area contributed by atoms with Crippen molar-refractivity contribution < 1.29 is 4.79 Å². The molecule has 0 aromatic rings. The van der Waals surface area contributed by atoms with Gasteiger partial charge in [-0.2, -0.15) is 0 Å². The van der Waals surface area contributed by atoms with E-state index in [-0.39, 0.29) is 0 Å². The highest BCUT2D eigenvalue weighted by atomic mass is 16.1. The van der Waals surface area contributed by atoms with Crippen LogP contribution in [0.25, 0.3) is 0 Å². The molecule has 0 N–H and O–H groups in total. The summed E-state index contributed by atoms with van der Waals surface area (Å²) in [4.78, 5) is 11.1. The van der Waals surface area contributed by atoms with Crippen LogP contribution in [0.5, 0.6) is 0 Å². The van der Waals surface area contributed by atoms with E-state index in [0.717, 1.165) is 18.3 Å². The minimum atomic E-state index is 0.468. The van der Waals surface area contributed by atoms with Crippen LogP contribution in [0.3, 0.4) is 0 Å². The first-order valence-electron chi connectivity index (χ1n) is 4.07. The molecular weight excluding hydrogens is 124 g/mol. The van der Waals surface area contributed by atoms with Crippen LogP contribution in [-0.2, 0) is 4.79 Å². The van der Waals surface area contributed by atoms with Crippen molar-refractivity contribution >= 4 is 5.78 Å². The third-order valence-corrected chi connectivity index (χ3v) is 3.43. The second kappa shape index (κ2) is 1.36. The maximum absolute atomic E-state index is 11.1. The number of hydrogen-bond acceptors (Lipinski definition) is 1. The smallest absolute Gasteiger partial charge is 0.137 e. The number of allylic oxidation sites excluding steroid dienone is 2. The Kier molecular flexibility index (Phi) is 0.697. The van der Waals surface area contributed by atoms with Gasteiger partial charge in [0.2, 0.25) is 0 Å². The Morgan fingerprint density at radius 2 is 2.10 bits per heavy atom. The van der Waals surface area contributed by atoms with Gasteiger partial charge in [0.05, 0.1) is 0 Å². The van der Waals surface area contributed by atoms with Gasteiger partial charge in [-0.25, -0.2) is 0 Å². The minimum Gasteiger partial charge on any atom is -0.299 e. The molecule has 0 amide bonds. The number of carbonyl (C=O) groups is 1. The topological polar surface area (TPSA) is 17.1 Å². The van der Waals surface area contributed by atoms with Crippen LogP contribution in [0.1, 0.15) is 12.8 Å². The average Bonchev–Trinajstić information content (AvgIpc) is 2.40. The second-order valence-electron chi connectivity index (χ2n) is 3.81. The maximum atomic E-state index is 11.1. The number of ketones is 1. The van der Waals surface area contributed by atoms with E-state index in [1.807, 2.05) is 0 Å². The zero-order valence-corrected chi connectivity index (χ0v) is 5.79. The van der Waals surface area contributed by atoms with Gasteiger partial charge in [0.15, 0.2) is 0 Å². The third-order valence-electron chi connectivity index (χ3n) is 3.43. The largest absolute Gasteiger partial charge is 0.299 e. The van der Waals surface area contributed by atoms with Crippen LogP contribution >= 0.6 is 0 Å². The first kappa shape index (κ1) is 5.11. The standard InChI is InChI=1S/C9H10O/c10-8-4-7-5-1-2-6(3-5)9(7)8/h1-2,5-7,9H,3-4H2/t5-,6+,7-,9-/m0/s1. The average molecular weight is 134 g/mol. The van der Waals surface area contributed by atoms with Crippen molar-refractivity contribution in [3.63, 3.8) is 0 Å². The summed E-state index contributed by atoms with van der Waals surface area (Å²) in [6, 6.07) is 0. The normalized spacial score (nSPS) is 55.0. The van der Waals surface area contributed by atoms with E-state index in [1.54, 1.807) is 0 Å². The molecule has 2 bridgehead atoms. The zero-order chi connectivity index (χ0) is 6.72. The monoisotopic (exact) mass is 134 g/mol. The van der Waals surface area contributed by atoms with Gasteiger partial charge in [-0.15, -0.1) is 0 Å². The molecule has 0 aromatic carbocycles. The lowest BCUT2D eigenvalue weighted by Gasteiger charge is -2.35. The molecule has 52 valence electrons. The molecule has 3 aliphatic rings. The molecule has 0 unspecified atom stereocenters. The molecule has 0 spiro atoms. The highest BCUT2D eigenvalue weighted by molar-refractivity contribution is 5.89. The predicted octanol–water partition coefficient (Wildman–Crippen LogP) is 1.40. The van der Waals surface area contributed by atoms with Gasteiger partial charge in [-0.05, 0) is 24.2 Å². The van der Waals surface area contributed by atoms with Crippen LogP contribution in [0, 0.1) is 23.7 Å². The van der Waals surface area contributed by atoms with E-state index in [9.17, 15) is 4.79 Å². The molecule has 1 heteroatoms. The van der Waals surface area contributed by atoms with Crippen LogP contribution < -0.4 is 0 Å². The van der Waals surface area contributed by atoms with E-state index in [1.165, 1.54) is 6.42 Å². The van der Waals surface area contributed by atoms with Crippen molar-refractivity contribution in [1.29, 1.82) is 0 Å². The van der Waals surface area contributed by atoms with Gasteiger partial charge < -0.3 is 0 Å². The Hall–Kier alpha value is -0.590. The van der Waals surface area contributed by atoms with E-state index in [2.05, 4.69) is 12.2 Å². The summed E-state index contributed by atoms with van der Waals surface area (Å²) in [7, 11) is 0. The first-order chi connectivity index (χ1) is 4.86. The van der Waals surface area contributed by atoms with Gasteiger partial charge in [0.25, 0.3) is 0 Å². The van der Waals surface area contributed by atoms with Crippen molar-refractivity contribution in [3.05, 3.63) is 12.2 Å². The second-order valence-corrected chi connectivity index (χ2v) is 3.81. The van der Waals surface area contributed by atoms with E-state index in [4.69, 9.17) is 0 Å². The molecule has 0 aliphatic heterocycles. The number of carbonyl (C=O) groups excluding carboxylic acids is 1. The summed E-state index contributed by atoms with van der Waals surface area (Å²) in [5.41, 5.74) is 0. The fourth-order valence-electron chi connectivity index (χ4n) is 2.89. The zero-order valence-electron chi connectivity index (χ0n) is 5.79. The number of fused-ring (bicyclic) bond motifs is 5. The molecule has 10 heavy (non-hydrogen) atoms. The van der Waals surface area contributed by atoms with Crippen molar-refractivity contribution in [2.75, 3.05) is 0 Å². The van der Waals surface area contributed by atoms with E-state index >= 15 is 0 Å². The van der Waals surface area contributed by atoms with E-state index in [0.29, 0.717) is 17.6 Å². The highest BCUT2D eigenvalue weighted by Crippen LogP contribution is 2.55. The number of rotatable bonds is 0. The van der Waals surface area contributed by atoms with Crippen molar-refractivity contribution in [2.45, 2.75) is 12.8 Å². The van der Waals surface area contributed by atoms with Gasteiger partial charge in [0, 0.05) is 12.3 Å². The van der Waals surface area contributed by atoms with Gasteiger partial charge in [0.1, 0.15) is 5.78 Å². The molecule has 0 aromatic heterocycles. The van der Waals surface area contributed by atoms with E-state index < -0.39 is 0 Å². The summed E-state index contributed by atoms with van der Waals surface area (Å²) in [5.74, 6) is 3.20. The quantitative estimate of drug-likeness (QED) is 0.458. The van der Waals surface area contributed by atoms with Crippen molar-refractivity contribution in [1.82, 2.24) is 0 Å². The molecule has 2 saturated carbocycles. The Bertz CT molecular complexity index is 229. The maximum Gasteiger partial charge on any atom is 0.137 e. The molecule has 1 nitrogen and oxygen atoms in total. The molecular formula is C9H10O. The lowest BCUT2D eigenvalue weighted by atomic mass is 9.67. The highest BCUT2D eigenvalue weighted by Gasteiger charge is 2.54. The number of hydrogen-bond donors (Lipinski definition) is 0. The molecule has 4 atom stereocenters. The molecule has 0 radical (unpaired) electrons. The predicted molar refractivity (Wildman–Crippen MR) is 37.3 cm³/mol. The fourth-order valence-corrected chi connectivity index (χ4v) is 2.89. The third kappa shape index (κ3) is 0.377. The first-order valence-corrected chi connectivity index (χ1v) is 4.07. The minimum absolute atomic E-state index is 0.468. The van der Waals surface area contributed by atoms with Gasteiger partial charge in [-0.3, -0.25) is 4.79 Å². The Labute approximate surface area is 60.1 Å². The Morgan fingerprint density at radius 3 is 2.70 bits per heavy atom. The number of Topliss-reactive ketones (excluding diaryl/α,β-unsaturated/α-hetero) is 1. The molecule has 0 saturated heterocycles. The molecule has 3 rings (SSSR count). The van der Waals surface area contributed by atoms with Crippen LogP contribution in [0.2, 0.25) is 0 Å². The van der Waals surface area contributed by atoms with Crippen LogP contribution in [0.15, 0.2) is 12.2 Å². The fraction of sp³-hybridized carbons (Fsp3) is 0.667. The van der Waals surface area contributed by atoms with Gasteiger partial charge >= 0.3 is 0 Å².